The van der Waals surface area contributed by atoms with Gasteiger partial charge in [-0.05, 0) is 35.7 Å². The lowest BCUT2D eigenvalue weighted by molar-refractivity contribution is 0.241. The molecule has 0 aliphatic carbocycles. The minimum Gasteiger partial charge on any atom is -0.395 e. The lowest BCUT2D eigenvalue weighted by Gasteiger charge is -2.18. The molecule has 3 aromatic rings. The van der Waals surface area contributed by atoms with Crippen molar-refractivity contribution < 1.29 is 5.11 Å². The Morgan fingerprint density at radius 1 is 1.12 bits per heavy atom. The van der Waals surface area contributed by atoms with Crippen molar-refractivity contribution in [1.82, 2.24) is 14.9 Å². The topological polar surface area (TPSA) is 50.1 Å². The Labute approximate surface area is 146 Å². The second-order valence-corrected chi connectivity index (χ2v) is 6.13. The molecule has 0 amide bonds. The fourth-order valence-electron chi connectivity index (χ4n) is 2.67. The molecule has 1 atom stereocenters. The molecule has 2 aromatic carbocycles. The van der Waals surface area contributed by atoms with Crippen LogP contribution in [0.15, 0.2) is 67.3 Å². The van der Waals surface area contributed by atoms with Gasteiger partial charge in [-0.25, -0.2) is 4.98 Å². The molecule has 0 aliphatic rings. The number of aromatic nitrogens is 2. The number of nitrogens with one attached hydrogen (secondary N) is 1. The van der Waals surface area contributed by atoms with Crippen LogP contribution in [0.25, 0.3) is 5.69 Å². The first kappa shape index (κ1) is 16.7. The van der Waals surface area contributed by atoms with E-state index in [2.05, 4.69) is 22.4 Å². The highest BCUT2D eigenvalue weighted by molar-refractivity contribution is 6.30. The SMILES string of the molecule is OCC(Cc1ccc(Cl)cc1)NCc1ccccc1-n1ccnc1. The summed E-state index contributed by atoms with van der Waals surface area (Å²) < 4.78 is 1.99. The van der Waals surface area contributed by atoms with Crippen molar-refractivity contribution in [3.05, 3.63) is 83.4 Å². The van der Waals surface area contributed by atoms with Gasteiger partial charge in [0.15, 0.2) is 0 Å². The summed E-state index contributed by atoms with van der Waals surface area (Å²) in [6.07, 6.45) is 6.23. The third-order valence-corrected chi connectivity index (χ3v) is 4.22. The second kappa shape index (κ2) is 8.11. The predicted octanol–water partition coefficient (Wildman–Crippen LogP) is 3.22. The first-order chi connectivity index (χ1) is 11.8. The summed E-state index contributed by atoms with van der Waals surface area (Å²) in [5, 5.41) is 13.8. The number of hydrogen-bond acceptors (Lipinski definition) is 3. The van der Waals surface area contributed by atoms with E-state index in [1.54, 1.807) is 12.5 Å². The predicted molar refractivity (Wildman–Crippen MR) is 96.4 cm³/mol. The van der Waals surface area contributed by atoms with Crippen molar-refractivity contribution in [2.75, 3.05) is 6.61 Å². The standard InChI is InChI=1S/C19H20ClN3O/c20-17-7-5-15(6-8-17)11-18(13-24)22-12-16-3-1-2-4-19(16)23-10-9-21-14-23/h1-10,14,18,22,24H,11-13H2. The monoisotopic (exact) mass is 341 g/mol. The van der Waals surface area contributed by atoms with E-state index in [4.69, 9.17) is 11.6 Å². The average Bonchev–Trinajstić information content (AvgIpc) is 3.15. The Kier molecular flexibility index (Phi) is 5.64. The third kappa shape index (κ3) is 4.23. The Morgan fingerprint density at radius 2 is 1.92 bits per heavy atom. The zero-order valence-corrected chi connectivity index (χ0v) is 14.0. The van der Waals surface area contributed by atoms with Gasteiger partial charge in [0.1, 0.15) is 0 Å². The molecule has 0 radical (unpaired) electrons. The van der Waals surface area contributed by atoms with Gasteiger partial charge in [0.05, 0.1) is 18.6 Å². The molecule has 2 N–H and O–H groups in total. The molecule has 1 unspecified atom stereocenters. The number of para-hydroxylation sites is 1. The molecule has 0 aliphatic heterocycles. The van der Waals surface area contributed by atoms with Gasteiger partial charge in [-0.2, -0.15) is 0 Å². The number of imidazole rings is 1. The highest BCUT2D eigenvalue weighted by Crippen LogP contribution is 2.15. The van der Waals surface area contributed by atoms with Crippen molar-refractivity contribution in [1.29, 1.82) is 0 Å². The normalized spacial score (nSPS) is 12.2. The summed E-state index contributed by atoms with van der Waals surface area (Å²) in [6, 6.07) is 15.9. The van der Waals surface area contributed by atoms with Gasteiger partial charge in [-0.1, -0.05) is 41.9 Å². The molecule has 0 spiro atoms. The molecular formula is C19H20ClN3O. The van der Waals surface area contributed by atoms with Crippen molar-refractivity contribution in [3.63, 3.8) is 0 Å². The molecular weight excluding hydrogens is 322 g/mol. The Balaban J connectivity index is 1.67. The summed E-state index contributed by atoms with van der Waals surface area (Å²) in [7, 11) is 0. The van der Waals surface area contributed by atoms with E-state index in [9.17, 15) is 5.11 Å². The third-order valence-electron chi connectivity index (χ3n) is 3.97. The zero-order chi connectivity index (χ0) is 16.8. The number of nitrogens with zero attached hydrogens (tertiary/aromatic N) is 2. The van der Waals surface area contributed by atoms with Crippen LogP contribution in [0.4, 0.5) is 0 Å². The first-order valence-corrected chi connectivity index (χ1v) is 8.29. The molecule has 0 saturated carbocycles. The summed E-state index contributed by atoms with van der Waals surface area (Å²) in [4.78, 5) is 4.11. The molecule has 0 fully saturated rings. The highest BCUT2D eigenvalue weighted by atomic mass is 35.5. The van der Waals surface area contributed by atoms with Gasteiger partial charge in [-0.3, -0.25) is 0 Å². The van der Waals surface area contributed by atoms with E-state index >= 15 is 0 Å². The molecule has 0 bridgehead atoms. The van der Waals surface area contributed by atoms with E-state index in [-0.39, 0.29) is 12.6 Å². The summed E-state index contributed by atoms with van der Waals surface area (Å²) in [5.74, 6) is 0. The van der Waals surface area contributed by atoms with E-state index in [0.29, 0.717) is 6.54 Å². The lowest BCUT2D eigenvalue weighted by Crippen LogP contribution is -2.34. The number of benzene rings is 2. The van der Waals surface area contributed by atoms with Crippen LogP contribution in [0.5, 0.6) is 0 Å². The maximum absolute atomic E-state index is 9.67. The maximum Gasteiger partial charge on any atom is 0.0991 e. The maximum atomic E-state index is 9.67. The van der Waals surface area contributed by atoms with Crippen LogP contribution in [0.3, 0.4) is 0 Å². The molecule has 0 saturated heterocycles. The van der Waals surface area contributed by atoms with Crippen LogP contribution >= 0.6 is 11.6 Å². The Hall–Kier alpha value is -2.14. The Bertz CT molecular complexity index is 757. The van der Waals surface area contributed by atoms with E-state index < -0.39 is 0 Å². The van der Waals surface area contributed by atoms with Gasteiger partial charge >= 0.3 is 0 Å². The van der Waals surface area contributed by atoms with Crippen LogP contribution in [-0.4, -0.2) is 27.3 Å². The Morgan fingerprint density at radius 3 is 2.62 bits per heavy atom. The van der Waals surface area contributed by atoms with Crippen molar-refractivity contribution in [3.8, 4) is 5.69 Å². The highest BCUT2D eigenvalue weighted by Gasteiger charge is 2.10. The van der Waals surface area contributed by atoms with Crippen molar-refractivity contribution in [2.45, 2.75) is 19.0 Å². The largest absolute Gasteiger partial charge is 0.395 e. The van der Waals surface area contributed by atoms with Gasteiger partial charge < -0.3 is 15.0 Å². The molecule has 4 nitrogen and oxygen atoms in total. The summed E-state index contributed by atoms with van der Waals surface area (Å²) in [5.41, 5.74) is 3.39. The molecule has 5 heteroatoms. The van der Waals surface area contributed by atoms with E-state index in [1.165, 1.54) is 0 Å². The van der Waals surface area contributed by atoms with Gasteiger partial charge in [-0.15, -0.1) is 0 Å². The van der Waals surface area contributed by atoms with Crippen molar-refractivity contribution in [2.24, 2.45) is 0 Å². The number of aliphatic hydroxyl groups is 1. The number of hydrogen-bond donors (Lipinski definition) is 2. The summed E-state index contributed by atoms with van der Waals surface area (Å²) in [6.45, 7) is 0.753. The number of halogens is 1. The van der Waals surface area contributed by atoms with Crippen LogP contribution < -0.4 is 5.32 Å². The molecule has 124 valence electrons. The van der Waals surface area contributed by atoms with Crippen LogP contribution in [0.1, 0.15) is 11.1 Å². The average molecular weight is 342 g/mol. The fourth-order valence-corrected chi connectivity index (χ4v) is 2.80. The minimum atomic E-state index is -0.0120. The molecule has 3 rings (SSSR count). The fraction of sp³-hybridized carbons (Fsp3) is 0.211. The molecule has 1 aromatic heterocycles. The number of aliphatic hydroxyl groups excluding tert-OH is 1. The van der Waals surface area contributed by atoms with Crippen LogP contribution in [0, 0.1) is 0 Å². The van der Waals surface area contributed by atoms with Gasteiger partial charge in [0.25, 0.3) is 0 Å². The lowest BCUT2D eigenvalue weighted by atomic mass is 10.1. The number of rotatable bonds is 7. The minimum absolute atomic E-state index is 0.0120. The van der Waals surface area contributed by atoms with E-state index in [0.717, 1.165) is 28.3 Å². The second-order valence-electron chi connectivity index (χ2n) is 5.69. The van der Waals surface area contributed by atoms with Crippen molar-refractivity contribution >= 4 is 11.6 Å². The molecule has 1 heterocycles. The van der Waals surface area contributed by atoms with Gasteiger partial charge in [0, 0.05) is 30.0 Å². The smallest absolute Gasteiger partial charge is 0.0991 e. The quantitative estimate of drug-likeness (QED) is 0.693. The van der Waals surface area contributed by atoms with Crippen LogP contribution in [-0.2, 0) is 13.0 Å². The molecule has 24 heavy (non-hydrogen) atoms. The zero-order valence-electron chi connectivity index (χ0n) is 13.3. The van der Waals surface area contributed by atoms with Crippen LogP contribution in [0.2, 0.25) is 5.02 Å². The van der Waals surface area contributed by atoms with E-state index in [1.807, 2.05) is 47.2 Å². The van der Waals surface area contributed by atoms with Gasteiger partial charge in [0.2, 0.25) is 0 Å². The first-order valence-electron chi connectivity index (χ1n) is 7.91. The summed E-state index contributed by atoms with van der Waals surface area (Å²) >= 11 is 5.92.